The molecule has 33 heavy (non-hydrogen) atoms. The van der Waals surface area contributed by atoms with E-state index < -0.39 is 17.8 Å². The van der Waals surface area contributed by atoms with Gasteiger partial charge in [0.2, 0.25) is 5.95 Å². The highest BCUT2D eigenvalue weighted by atomic mass is 32.1. The van der Waals surface area contributed by atoms with Crippen molar-refractivity contribution in [2.24, 2.45) is 0 Å². The van der Waals surface area contributed by atoms with Gasteiger partial charge in [-0.2, -0.15) is 4.98 Å². The molecule has 0 aliphatic carbocycles. The predicted octanol–water partition coefficient (Wildman–Crippen LogP) is 5.08. The molecule has 0 unspecified atom stereocenters. The number of nitrogens with one attached hydrogen (secondary N) is 2. The Bertz CT molecular complexity index is 1360. The number of carbonyl (C=O) groups excluding carboxylic acids is 1. The Morgan fingerprint density at radius 3 is 2.70 bits per heavy atom. The highest BCUT2D eigenvalue weighted by Gasteiger charge is 2.36. The van der Waals surface area contributed by atoms with Crippen LogP contribution in [-0.2, 0) is 4.79 Å². The minimum Gasteiger partial charge on any atom is -0.495 e. The summed E-state index contributed by atoms with van der Waals surface area (Å²) < 4.78 is 21.9. The molecule has 1 amide bonds. The first-order valence-electron chi connectivity index (χ1n) is 10.2. The largest absolute Gasteiger partial charge is 0.495 e. The second-order valence-electron chi connectivity index (χ2n) is 7.42. The van der Waals surface area contributed by atoms with E-state index in [1.807, 2.05) is 23.6 Å². The van der Waals surface area contributed by atoms with Crippen LogP contribution in [0.1, 0.15) is 18.5 Å². The number of thiophene rings is 1. The van der Waals surface area contributed by atoms with Gasteiger partial charge in [-0.25, -0.2) is 9.07 Å². The summed E-state index contributed by atoms with van der Waals surface area (Å²) in [7, 11) is 1.54. The van der Waals surface area contributed by atoms with Crippen molar-refractivity contribution in [1.82, 2.24) is 14.8 Å². The standard InChI is InChI=1S/C24H20FN5O2S/c1-14-20(23(31)27-17-10-5-6-11-18(17)32-2)21(15-8-3-4-9-16(15)25)30-24(26-14)28-22(29-30)19-12-7-13-33-19/h3-13,21H,1-2H3,(H,27,31)(H,26,28,29)/t21-/m0/s1. The van der Waals surface area contributed by atoms with Crippen LogP contribution in [0.15, 0.2) is 77.3 Å². The molecule has 0 saturated heterocycles. The molecule has 0 bridgehead atoms. The number of anilines is 2. The number of benzene rings is 2. The van der Waals surface area contributed by atoms with E-state index in [1.54, 1.807) is 48.0 Å². The fourth-order valence-corrected chi connectivity index (χ4v) is 4.53. The number of methoxy groups -OCH3 is 1. The molecule has 7 nitrogen and oxygen atoms in total. The van der Waals surface area contributed by atoms with Crippen LogP contribution in [-0.4, -0.2) is 27.8 Å². The van der Waals surface area contributed by atoms with Crippen LogP contribution >= 0.6 is 11.3 Å². The van der Waals surface area contributed by atoms with Crippen molar-refractivity contribution in [3.05, 3.63) is 88.7 Å². The predicted molar refractivity (Wildman–Crippen MR) is 126 cm³/mol. The summed E-state index contributed by atoms with van der Waals surface area (Å²) in [5, 5.41) is 12.7. The van der Waals surface area contributed by atoms with Gasteiger partial charge in [0, 0.05) is 11.3 Å². The van der Waals surface area contributed by atoms with E-state index in [9.17, 15) is 4.79 Å². The van der Waals surface area contributed by atoms with Crippen LogP contribution in [0, 0.1) is 5.82 Å². The Morgan fingerprint density at radius 1 is 1.15 bits per heavy atom. The van der Waals surface area contributed by atoms with Crippen LogP contribution in [0.25, 0.3) is 10.7 Å². The van der Waals surface area contributed by atoms with Crippen LogP contribution in [0.2, 0.25) is 0 Å². The van der Waals surface area contributed by atoms with E-state index in [1.165, 1.54) is 24.5 Å². The molecule has 1 aliphatic rings. The first kappa shape index (κ1) is 20.9. The number of fused-ring (bicyclic) bond motifs is 1. The first-order chi connectivity index (χ1) is 16.1. The summed E-state index contributed by atoms with van der Waals surface area (Å²) in [5.74, 6) is 0.651. The quantitative estimate of drug-likeness (QED) is 0.433. The molecule has 4 aromatic rings. The molecule has 0 fully saturated rings. The van der Waals surface area contributed by atoms with Crippen molar-refractivity contribution < 1.29 is 13.9 Å². The summed E-state index contributed by atoms with van der Waals surface area (Å²) >= 11 is 1.51. The van der Waals surface area contributed by atoms with E-state index in [0.29, 0.717) is 40.0 Å². The molecule has 0 spiro atoms. The number of carbonyl (C=O) groups is 1. The SMILES string of the molecule is COc1ccccc1NC(=O)C1=C(C)Nc2nc(-c3cccs3)nn2[C@H]1c1ccccc1F. The smallest absolute Gasteiger partial charge is 0.255 e. The number of hydrogen-bond acceptors (Lipinski definition) is 6. The number of allylic oxidation sites excluding steroid dienone is 1. The van der Waals surface area contributed by atoms with E-state index in [2.05, 4.69) is 20.7 Å². The van der Waals surface area contributed by atoms with Gasteiger partial charge in [-0.15, -0.1) is 16.4 Å². The molecule has 2 aromatic carbocycles. The van der Waals surface area contributed by atoms with Gasteiger partial charge >= 0.3 is 0 Å². The average Bonchev–Trinajstić information content (AvgIpc) is 3.49. The second-order valence-corrected chi connectivity index (χ2v) is 8.37. The Kier molecular flexibility index (Phi) is 5.39. The fraction of sp³-hybridized carbons (Fsp3) is 0.125. The lowest BCUT2D eigenvalue weighted by molar-refractivity contribution is -0.113. The molecule has 0 radical (unpaired) electrons. The highest BCUT2D eigenvalue weighted by Crippen LogP contribution is 2.38. The van der Waals surface area contributed by atoms with E-state index in [-0.39, 0.29) is 0 Å². The zero-order valence-electron chi connectivity index (χ0n) is 17.9. The maximum absolute atomic E-state index is 15.0. The topological polar surface area (TPSA) is 81.1 Å². The van der Waals surface area contributed by atoms with E-state index in [4.69, 9.17) is 4.74 Å². The lowest BCUT2D eigenvalue weighted by Gasteiger charge is -2.29. The van der Waals surface area contributed by atoms with Crippen LogP contribution in [0.4, 0.5) is 16.0 Å². The van der Waals surface area contributed by atoms with Gasteiger partial charge in [-0.05, 0) is 36.6 Å². The van der Waals surface area contributed by atoms with Crippen molar-refractivity contribution in [2.45, 2.75) is 13.0 Å². The maximum Gasteiger partial charge on any atom is 0.255 e. The van der Waals surface area contributed by atoms with Crippen molar-refractivity contribution in [1.29, 1.82) is 0 Å². The fourth-order valence-electron chi connectivity index (χ4n) is 3.88. The summed E-state index contributed by atoms with van der Waals surface area (Å²) in [6.07, 6.45) is 0. The number of rotatable bonds is 5. The molecule has 166 valence electrons. The second kappa shape index (κ2) is 8.51. The molecular weight excluding hydrogens is 441 g/mol. The molecule has 1 aliphatic heterocycles. The van der Waals surface area contributed by atoms with Crippen LogP contribution in [0.3, 0.4) is 0 Å². The monoisotopic (exact) mass is 461 g/mol. The van der Waals surface area contributed by atoms with Gasteiger partial charge in [0.1, 0.15) is 17.6 Å². The minimum atomic E-state index is -0.807. The van der Waals surface area contributed by atoms with E-state index in [0.717, 1.165) is 4.88 Å². The van der Waals surface area contributed by atoms with E-state index >= 15 is 4.39 Å². The van der Waals surface area contributed by atoms with Crippen molar-refractivity contribution >= 4 is 28.9 Å². The number of amides is 1. The molecule has 9 heteroatoms. The Morgan fingerprint density at radius 2 is 1.94 bits per heavy atom. The van der Waals surface area contributed by atoms with Gasteiger partial charge in [0.15, 0.2) is 5.82 Å². The number of ether oxygens (including phenoxy) is 1. The summed E-state index contributed by atoms with van der Waals surface area (Å²) in [6, 6.07) is 16.5. The van der Waals surface area contributed by atoms with Crippen LogP contribution in [0.5, 0.6) is 5.75 Å². The molecule has 2 aromatic heterocycles. The minimum absolute atomic E-state index is 0.326. The van der Waals surface area contributed by atoms with Gasteiger partial charge in [-0.1, -0.05) is 36.4 Å². The normalized spacial score (nSPS) is 15.1. The zero-order valence-corrected chi connectivity index (χ0v) is 18.7. The number of hydrogen-bond donors (Lipinski definition) is 2. The third-order valence-corrected chi connectivity index (χ3v) is 6.26. The lowest BCUT2D eigenvalue weighted by atomic mass is 9.94. The molecule has 3 heterocycles. The molecule has 5 rings (SSSR count). The number of aromatic nitrogens is 3. The Labute approximate surface area is 193 Å². The van der Waals surface area contributed by atoms with Crippen molar-refractivity contribution in [2.75, 3.05) is 17.7 Å². The Balaban J connectivity index is 1.62. The third kappa shape index (κ3) is 3.76. The molecule has 1 atom stereocenters. The molecule has 2 N–H and O–H groups in total. The average molecular weight is 462 g/mol. The Hall–Kier alpha value is -3.98. The lowest BCUT2D eigenvalue weighted by Crippen LogP contribution is -2.32. The first-order valence-corrected chi connectivity index (χ1v) is 11.1. The number of halogens is 1. The molecule has 0 saturated carbocycles. The highest BCUT2D eigenvalue weighted by molar-refractivity contribution is 7.13. The zero-order chi connectivity index (χ0) is 22.9. The number of nitrogens with zero attached hydrogens (tertiary/aromatic N) is 3. The third-order valence-electron chi connectivity index (χ3n) is 5.39. The number of para-hydroxylation sites is 2. The van der Waals surface area contributed by atoms with Gasteiger partial charge in [0.25, 0.3) is 5.91 Å². The molecular formula is C24H20FN5O2S. The summed E-state index contributed by atoms with van der Waals surface area (Å²) in [5.41, 5.74) is 1.74. The van der Waals surface area contributed by atoms with Gasteiger partial charge in [0.05, 0.1) is 23.2 Å². The summed E-state index contributed by atoms with van der Waals surface area (Å²) in [6.45, 7) is 1.77. The summed E-state index contributed by atoms with van der Waals surface area (Å²) in [4.78, 5) is 19.0. The van der Waals surface area contributed by atoms with Gasteiger partial charge < -0.3 is 15.4 Å². The van der Waals surface area contributed by atoms with Crippen LogP contribution < -0.4 is 15.4 Å². The van der Waals surface area contributed by atoms with Crippen molar-refractivity contribution in [3.63, 3.8) is 0 Å². The van der Waals surface area contributed by atoms with Gasteiger partial charge in [-0.3, -0.25) is 4.79 Å². The maximum atomic E-state index is 15.0. The van der Waals surface area contributed by atoms with Crippen molar-refractivity contribution in [3.8, 4) is 16.5 Å².